The lowest BCUT2D eigenvalue weighted by atomic mass is 10.1. The van der Waals surface area contributed by atoms with Crippen LogP contribution in [0.2, 0.25) is 0 Å². The third kappa shape index (κ3) is 7.04. The van der Waals surface area contributed by atoms with Gasteiger partial charge in [-0.3, -0.25) is 14.4 Å². The van der Waals surface area contributed by atoms with E-state index in [-0.39, 0.29) is 40.2 Å². The first-order chi connectivity index (χ1) is 16.6. The normalized spacial score (nSPS) is 11.3. The largest absolute Gasteiger partial charge is 0.508 e. The molecule has 1 atom stereocenters. The summed E-state index contributed by atoms with van der Waals surface area (Å²) in [5.74, 6) is -3.24. The zero-order chi connectivity index (χ0) is 25.5. The van der Waals surface area contributed by atoms with E-state index in [0.29, 0.717) is 10.4 Å². The first-order valence-corrected chi connectivity index (χ1v) is 11.8. The summed E-state index contributed by atoms with van der Waals surface area (Å²) in [6.07, 6.45) is 0. The number of aromatic hydroxyl groups is 2. The molecule has 6 N–H and O–H groups in total. The molecular weight excluding hydrogens is 542 g/mol. The maximum atomic E-state index is 12.6. The molecule has 0 radical (unpaired) electrons. The van der Waals surface area contributed by atoms with E-state index in [0.717, 1.165) is 0 Å². The number of hydrogen-bond donors (Lipinski definition) is 6. The number of nitrogens with one attached hydrogen (secondary N) is 3. The molecule has 3 aromatic rings. The third-order valence-corrected chi connectivity index (χ3v) is 6.23. The number of carboxylic acids is 1. The number of hydrogen-bond acceptors (Lipinski definition) is 7. The van der Waals surface area contributed by atoms with E-state index in [1.165, 1.54) is 47.7 Å². The molecule has 10 nitrogen and oxygen atoms in total. The highest BCUT2D eigenvalue weighted by atomic mass is 79.9. The minimum absolute atomic E-state index is 0.0398. The zero-order valence-corrected chi connectivity index (χ0v) is 20.4. The molecule has 0 fully saturated rings. The second-order valence-corrected chi connectivity index (χ2v) is 9.09. The Morgan fingerprint density at radius 2 is 1.63 bits per heavy atom. The van der Waals surface area contributed by atoms with Crippen LogP contribution >= 0.6 is 27.3 Å². The average molecular weight is 562 g/mol. The summed E-state index contributed by atoms with van der Waals surface area (Å²) < 4.78 is 0.254. The smallest absolute Gasteiger partial charge is 0.328 e. The predicted molar refractivity (Wildman–Crippen MR) is 131 cm³/mol. The number of carboxylic acid groups (broad SMARTS) is 1. The van der Waals surface area contributed by atoms with Crippen LogP contribution in [0.4, 0.5) is 0 Å². The third-order valence-electron chi connectivity index (χ3n) is 4.71. The van der Waals surface area contributed by atoms with Crippen LogP contribution in [0.25, 0.3) is 0 Å². The molecule has 0 aliphatic carbocycles. The molecule has 3 amide bonds. The SMILES string of the molecule is O=C(NCc1cc(O)cc(O)c1)c1ccc(C(=O)NC(CNC(=O)c2cccs2)C(=O)O)c(Br)c1. The van der Waals surface area contributed by atoms with Crippen molar-refractivity contribution in [2.45, 2.75) is 12.6 Å². The highest BCUT2D eigenvalue weighted by Crippen LogP contribution is 2.21. The summed E-state index contributed by atoms with van der Waals surface area (Å²) >= 11 is 4.43. The monoisotopic (exact) mass is 561 g/mol. The van der Waals surface area contributed by atoms with Crippen molar-refractivity contribution in [1.29, 1.82) is 0 Å². The lowest BCUT2D eigenvalue weighted by Gasteiger charge is -2.16. The number of benzene rings is 2. The molecule has 0 aliphatic heterocycles. The van der Waals surface area contributed by atoms with Crippen molar-refractivity contribution >= 4 is 51.0 Å². The number of thiophene rings is 1. The van der Waals surface area contributed by atoms with Crippen LogP contribution in [0.1, 0.15) is 36.0 Å². The highest BCUT2D eigenvalue weighted by molar-refractivity contribution is 9.10. The van der Waals surface area contributed by atoms with Crippen molar-refractivity contribution in [3.05, 3.63) is 80.0 Å². The summed E-state index contributed by atoms with van der Waals surface area (Å²) in [4.78, 5) is 49.1. The van der Waals surface area contributed by atoms with Gasteiger partial charge < -0.3 is 31.3 Å². The Hall–Kier alpha value is -3.90. The van der Waals surface area contributed by atoms with E-state index in [9.17, 15) is 34.5 Å². The average Bonchev–Trinajstić information content (AvgIpc) is 3.34. The Morgan fingerprint density at radius 1 is 0.914 bits per heavy atom. The molecule has 12 heteroatoms. The lowest BCUT2D eigenvalue weighted by Crippen LogP contribution is -2.48. The van der Waals surface area contributed by atoms with Crippen LogP contribution in [-0.4, -0.2) is 51.6 Å². The molecule has 2 aromatic carbocycles. The minimum atomic E-state index is -1.38. The molecule has 1 aromatic heterocycles. The van der Waals surface area contributed by atoms with Crippen molar-refractivity contribution in [2.75, 3.05) is 6.54 Å². The Bertz CT molecular complexity index is 1240. The van der Waals surface area contributed by atoms with Crippen molar-refractivity contribution in [2.24, 2.45) is 0 Å². The van der Waals surface area contributed by atoms with Gasteiger partial charge in [-0.15, -0.1) is 11.3 Å². The standard InChI is InChI=1S/C23H20BrN3O7S/c24-17-8-13(20(30)25-10-12-6-14(28)9-15(29)7-12)3-4-16(17)21(31)27-18(23(33)34)11-26-22(32)19-2-1-5-35-19/h1-9,18,28-29H,10-11H2,(H,25,30)(H,26,32)(H,27,31)(H,33,34). The Balaban J connectivity index is 1.61. The van der Waals surface area contributed by atoms with Crippen LogP contribution in [0.15, 0.2) is 58.4 Å². The fraction of sp³-hybridized carbons (Fsp3) is 0.130. The number of amides is 3. The van der Waals surface area contributed by atoms with Crippen molar-refractivity contribution < 1.29 is 34.5 Å². The first kappa shape index (κ1) is 25.7. The number of aliphatic carboxylic acids is 1. The van der Waals surface area contributed by atoms with Crippen LogP contribution in [0.5, 0.6) is 11.5 Å². The fourth-order valence-electron chi connectivity index (χ4n) is 3.01. The summed E-state index contributed by atoms with van der Waals surface area (Å²) in [5.41, 5.74) is 0.794. The summed E-state index contributed by atoms with van der Waals surface area (Å²) in [6, 6.07) is 10.0. The second-order valence-electron chi connectivity index (χ2n) is 7.29. The molecule has 35 heavy (non-hydrogen) atoms. The number of rotatable bonds is 9. The summed E-state index contributed by atoms with van der Waals surface area (Å²) in [6.45, 7) is -0.279. The Morgan fingerprint density at radius 3 is 2.23 bits per heavy atom. The van der Waals surface area contributed by atoms with Gasteiger partial charge >= 0.3 is 5.97 Å². The quantitative estimate of drug-likeness (QED) is 0.233. The Labute approximate surface area is 211 Å². The van der Waals surface area contributed by atoms with Gasteiger partial charge in [0.25, 0.3) is 17.7 Å². The van der Waals surface area contributed by atoms with Crippen LogP contribution < -0.4 is 16.0 Å². The molecule has 3 rings (SSSR count). The van der Waals surface area contributed by atoms with Gasteiger partial charge in [0.05, 0.1) is 10.4 Å². The Kier molecular flexibility index (Phi) is 8.44. The molecule has 0 saturated carbocycles. The van der Waals surface area contributed by atoms with E-state index in [2.05, 4.69) is 31.9 Å². The molecule has 0 saturated heterocycles. The highest BCUT2D eigenvalue weighted by Gasteiger charge is 2.23. The van der Waals surface area contributed by atoms with Crippen molar-refractivity contribution in [1.82, 2.24) is 16.0 Å². The van der Waals surface area contributed by atoms with E-state index < -0.39 is 29.7 Å². The summed E-state index contributed by atoms with van der Waals surface area (Å²) in [5, 5.41) is 37.6. The van der Waals surface area contributed by atoms with E-state index in [4.69, 9.17) is 0 Å². The van der Waals surface area contributed by atoms with Gasteiger partial charge in [-0.05, 0) is 63.3 Å². The van der Waals surface area contributed by atoms with E-state index >= 15 is 0 Å². The fourth-order valence-corrected chi connectivity index (χ4v) is 4.21. The van der Waals surface area contributed by atoms with Gasteiger partial charge in [-0.25, -0.2) is 4.79 Å². The van der Waals surface area contributed by atoms with E-state index in [1.807, 2.05) is 0 Å². The lowest BCUT2D eigenvalue weighted by molar-refractivity contribution is -0.139. The van der Waals surface area contributed by atoms with Crippen LogP contribution in [0.3, 0.4) is 0 Å². The molecule has 182 valence electrons. The van der Waals surface area contributed by atoms with Gasteiger partial charge in [-0.2, -0.15) is 0 Å². The molecule has 1 heterocycles. The summed E-state index contributed by atoms with van der Waals surface area (Å²) in [7, 11) is 0. The van der Waals surface area contributed by atoms with E-state index in [1.54, 1.807) is 17.5 Å². The number of phenols is 2. The van der Waals surface area contributed by atoms with Gasteiger partial charge in [0.2, 0.25) is 0 Å². The molecule has 0 aliphatic rings. The van der Waals surface area contributed by atoms with Gasteiger partial charge in [0.15, 0.2) is 0 Å². The maximum absolute atomic E-state index is 12.6. The number of halogens is 1. The van der Waals surface area contributed by atoms with Gasteiger partial charge in [0.1, 0.15) is 17.5 Å². The number of phenolic OH excluding ortho intramolecular Hbond substituents is 2. The van der Waals surface area contributed by atoms with Gasteiger partial charge in [-0.1, -0.05) is 6.07 Å². The second kappa shape index (κ2) is 11.5. The van der Waals surface area contributed by atoms with Gasteiger partial charge in [0, 0.05) is 29.2 Å². The molecule has 1 unspecified atom stereocenters. The number of carbonyl (C=O) groups is 4. The minimum Gasteiger partial charge on any atom is -0.508 e. The zero-order valence-electron chi connectivity index (χ0n) is 17.9. The van der Waals surface area contributed by atoms with Crippen LogP contribution in [0, 0.1) is 0 Å². The molecule has 0 spiro atoms. The van der Waals surface area contributed by atoms with Crippen molar-refractivity contribution in [3.63, 3.8) is 0 Å². The first-order valence-electron chi connectivity index (χ1n) is 10.1. The topological polar surface area (TPSA) is 165 Å². The van der Waals surface area contributed by atoms with Crippen molar-refractivity contribution in [3.8, 4) is 11.5 Å². The van der Waals surface area contributed by atoms with Crippen LogP contribution in [-0.2, 0) is 11.3 Å². The maximum Gasteiger partial charge on any atom is 0.328 e. The predicted octanol–water partition coefficient (Wildman–Crippen LogP) is 2.46. The molecular formula is C23H20BrN3O7S. The molecule has 0 bridgehead atoms. The number of carbonyl (C=O) groups excluding carboxylic acids is 3.